The van der Waals surface area contributed by atoms with Crippen LogP contribution >= 0.6 is 0 Å². The predicted octanol–water partition coefficient (Wildman–Crippen LogP) is 0.252. The average Bonchev–Trinajstić information content (AvgIpc) is 2.45. The molecule has 0 aliphatic carbocycles. The summed E-state index contributed by atoms with van der Waals surface area (Å²) < 4.78 is 10.9. The third kappa shape index (κ3) is 4.55. The molecule has 2 rings (SSSR count). The molecule has 1 N–H and O–H groups in total. The molecule has 0 atom stereocenters. The SMILES string of the molecule is O=C(CCOCC1CCOCC1)N1CCNCC1. The van der Waals surface area contributed by atoms with Crippen molar-refractivity contribution >= 4 is 5.91 Å². The summed E-state index contributed by atoms with van der Waals surface area (Å²) in [5.74, 6) is 0.844. The van der Waals surface area contributed by atoms with E-state index in [9.17, 15) is 4.79 Å². The van der Waals surface area contributed by atoms with E-state index in [0.717, 1.165) is 58.8 Å². The fourth-order valence-electron chi connectivity index (χ4n) is 2.39. The molecule has 5 nitrogen and oxygen atoms in total. The number of piperazine rings is 1. The van der Waals surface area contributed by atoms with Crippen LogP contribution in [0.1, 0.15) is 19.3 Å². The summed E-state index contributed by atoms with van der Waals surface area (Å²) in [5.41, 5.74) is 0. The summed E-state index contributed by atoms with van der Waals surface area (Å²) in [6.45, 7) is 6.53. The Morgan fingerprint density at radius 3 is 2.72 bits per heavy atom. The van der Waals surface area contributed by atoms with Gasteiger partial charge in [0.25, 0.3) is 0 Å². The van der Waals surface area contributed by atoms with Gasteiger partial charge in [0.05, 0.1) is 13.0 Å². The smallest absolute Gasteiger partial charge is 0.224 e. The van der Waals surface area contributed by atoms with Crippen molar-refractivity contribution < 1.29 is 14.3 Å². The summed E-state index contributed by atoms with van der Waals surface area (Å²) in [5, 5.41) is 3.24. The third-order valence-corrected chi connectivity index (χ3v) is 3.62. The second-order valence-corrected chi connectivity index (χ2v) is 5.01. The number of nitrogens with zero attached hydrogens (tertiary/aromatic N) is 1. The number of ether oxygens (including phenoxy) is 2. The Balaban J connectivity index is 1.52. The highest BCUT2D eigenvalue weighted by molar-refractivity contribution is 5.76. The number of nitrogens with one attached hydrogen (secondary N) is 1. The van der Waals surface area contributed by atoms with Gasteiger partial charge < -0.3 is 19.7 Å². The van der Waals surface area contributed by atoms with Gasteiger partial charge in [-0.25, -0.2) is 0 Å². The van der Waals surface area contributed by atoms with Gasteiger partial charge in [-0.2, -0.15) is 0 Å². The number of hydrogen-bond donors (Lipinski definition) is 1. The Bertz CT molecular complexity index is 249. The summed E-state index contributed by atoms with van der Waals surface area (Å²) in [7, 11) is 0. The molecule has 0 saturated carbocycles. The van der Waals surface area contributed by atoms with Gasteiger partial charge in [0.15, 0.2) is 0 Å². The van der Waals surface area contributed by atoms with Crippen molar-refractivity contribution in [3.63, 3.8) is 0 Å². The van der Waals surface area contributed by atoms with Gasteiger partial charge in [0.1, 0.15) is 0 Å². The number of hydrogen-bond acceptors (Lipinski definition) is 4. The standard InChI is InChI=1S/C13H24N2O3/c16-13(15-6-4-14-5-7-15)3-10-18-11-12-1-8-17-9-2-12/h12,14H,1-11H2. The second-order valence-electron chi connectivity index (χ2n) is 5.01. The molecular weight excluding hydrogens is 232 g/mol. The minimum absolute atomic E-state index is 0.225. The Kier molecular flexibility index (Phi) is 5.90. The molecular formula is C13H24N2O3. The molecule has 2 aliphatic rings. The molecule has 104 valence electrons. The number of amides is 1. The van der Waals surface area contributed by atoms with Gasteiger partial charge in [-0.15, -0.1) is 0 Å². The van der Waals surface area contributed by atoms with E-state index in [4.69, 9.17) is 9.47 Å². The first-order valence-electron chi connectivity index (χ1n) is 7.00. The summed E-state index contributed by atoms with van der Waals surface area (Å²) in [6, 6.07) is 0. The molecule has 2 aliphatic heterocycles. The minimum atomic E-state index is 0.225. The molecule has 0 aromatic carbocycles. The average molecular weight is 256 g/mol. The molecule has 0 unspecified atom stereocenters. The maximum absolute atomic E-state index is 11.8. The van der Waals surface area contributed by atoms with Crippen LogP contribution in [0.3, 0.4) is 0 Å². The molecule has 0 aromatic heterocycles. The first kappa shape index (κ1) is 13.8. The van der Waals surface area contributed by atoms with Gasteiger partial charge in [-0.1, -0.05) is 0 Å². The molecule has 1 amide bonds. The molecule has 0 bridgehead atoms. The number of carbonyl (C=O) groups excluding carboxylic acids is 1. The molecule has 5 heteroatoms. The molecule has 2 fully saturated rings. The first-order chi connectivity index (χ1) is 8.86. The van der Waals surface area contributed by atoms with E-state index in [2.05, 4.69) is 5.32 Å². The Labute approximate surface area is 109 Å². The van der Waals surface area contributed by atoms with E-state index >= 15 is 0 Å². The topological polar surface area (TPSA) is 50.8 Å². The van der Waals surface area contributed by atoms with Crippen LogP contribution in [0.25, 0.3) is 0 Å². The van der Waals surface area contributed by atoms with Crippen molar-refractivity contribution in [2.24, 2.45) is 5.92 Å². The first-order valence-corrected chi connectivity index (χ1v) is 7.00. The van der Waals surface area contributed by atoms with E-state index in [0.29, 0.717) is 18.9 Å². The van der Waals surface area contributed by atoms with Gasteiger partial charge >= 0.3 is 0 Å². The lowest BCUT2D eigenvalue weighted by Crippen LogP contribution is -2.46. The van der Waals surface area contributed by atoms with Crippen LogP contribution in [-0.4, -0.2) is 63.4 Å². The summed E-state index contributed by atoms with van der Waals surface area (Å²) in [4.78, 5) is 13.8. The Morgan fingerprint density at radius 1 is 1.28 bits per heavy atom. The maximum atomic E-state index is 11.8. The largest absolute Gasteiger partial charge is 0.381 e. The lowest BCUT2D eigenvalue weighted by atomic mass is 10.0. The van der Waals surface area contributed by atoms with Crippen molar-refractivity contribution in [3.8, 4) is 0 Å². The zero-order valence-electron chi connectivity index (χ0n) is 11.0. The van der Waals surface area contributed by atoms with Crippen molar-refractivity contribution in [3.05, 3.63) is 0 Å². The zero-order chi connectivity index (χ0) is 12.6. The van der Waals surface area contributed by atoms with E-state index in [1.165, 1.54) is 0 Å². The van der Waals surface area contributed by atoms with Crippen LogP contribution in [0.5, 0.6) is 0 Å². The molecule has 0 radical (unpaired) electrons. The fraction of sp³-hybridized carbons (Fsp3) is 0.923. The van der Waals surface area contributed by atoms with E-state index in [1.807, 2.05) is 4.90 Å². The summed E-state index contributed by atoms with van der Waals surface area (Å²) >= 11 is 0. The highest BCUT2D eigenvalue weighted by Crippen LogP contribution is 2.14. The van der Waals surface area contributed by atoms with Gasteiger partial charge in [0, 0.05) is 46.0 Å². The van der Waals surface area contributed by atoms with Crippen molar-refractivity contribution in [1.29, 1.82) is 0 Å². The van der Waals surface area contributed by atoms with Crippen molar-refractivity contribution in [2.75, 3.05) is 52.6 Å². The Hall–Kier alpha value is -0.650. The van der Waals surface area contributed by atoms with Crippen molar-refractivity contribution in [1.82, 2.24) is 10.2 Å². The van der Waals surface area contributed by atoms with Gasteiger partial charge in [-0.05, 0) is 18.8 Å². The van der Waals surface area contributed by atoms with Crippen LogP contribution in [0, 0.1) is 5.92 Å². The van der Waals surface area contributed by atoms with E-state index in [-0.39, 0.29) is 5.91 Å². The predicted molar refractivity (Wildman–Crippen MR) is 68.4 cm³/mol. The number of carbonyl (C=O) groups is 1. The van der Waals surface area contributed by atoms with Gasteiger partial charge in [-0.3, -0.25) is 4.79 Å². The molecule has 0 aromatic rings. The van der Waals surface area contributed by atoms with Crippen LogP contribution in [0.15, 0.2) is 0 Å². The molecule has 2 saturated heterocycles. The number of rotatable bonds is 5. The highest BCUT2D eigenvalue weighted by Gasteiger charge is 2.17. The molecule has 18 heavy (non-hydrogen) atoms. The Morgan fingerprint density at radius 2 is 2.00 bits per heavy atom. The zero-order valence-corrected chi connectivity index (χ0v) is 11.0. The normalized spacial score (nSPS) is 22.1. The quantitative estimate of drug-likeness (QED) is 0.717. The molecule has 2 heterocycles. The third-order valence-electron chi connectivity index (χ3n) is 3.62. The summed E-state index contributed by atoms with van der Waals surface area (Å²) in [6.07, 6.45) is 2.70. The molecule has 0 spiro atoms. The maximum Gasteiger partial charge on any atom is 0.224 e. The highest BCUT2D eigenvalue weighted by atomic mass is 16.5. The van der Waals surface area contributed by atoms with Gasteiger partial charge in [0.2, 0.25) is 5.91 Å². The second kappa shape index (κ2) is 7.71. The van der Waals surface area contributed by atoms with Crippen LogP contribution in [-0.2, 0) is 14.3 Å². The lowest BCUT2D eigenvalue weighted by Gasteiger charge is -2.27. The lowest BCUT2D eigenvalue weighted by molar-refractivity contribution is -0.133. The minimum Gasteiger partial charge on any atom is -0.381 e. The van der Waals surface area contributed by atoms with Crippen molar-refractivity contribution in [2.45, 2.75) is 19.3 Å². The van der Waals surface area contributed by atoms with Crippen LogP contribution < -0.4 is 5.32 Å². The fourth-order valence-corrected chi connectivity index (χ4v) is 2.39. The van der Waals surface area contributed by atoms with Crippen LogP contribution in [0.4, 0.5) is 0 Å². The van der Waals surface area contributed by atoms with E-state index < -0.39 is 0 Å². The van der Waals surface area contributed by atoms with Crippen LogP contribution in [0.2, 0.25) is 0 Å². The monoisotopic (exact) mass is 256 g/mol. The van der Waals surface area contributed by atoms with E-state index in [1.54, 1.807) is 0 Å².